The Hall–Kier alpha value is -3.60. The number of nitrogens with zero attached hydrogens (tertiary/aromatic N) is 2. The molecular weight excluding hydrogens is 705 g/mol. The lowest BCUT2D eigenvalue weighted by Crippen LogP contribution is -2.51. The number of anilines is 1. The SMILES string of the molecule is CS(=O)(=O)c1cccc(S(=O)(=O)N2C[C@H](NC3CCC3)C[C@H]2C(=O)N[C@@H](Cc2ccc(NC(=O)c3c(Cl)cncc3Cl)cc2)C(=O)O)c1. The van der Waals surface area contributed by atoms with Crippen LogP contribution in [0.4, 0.5) is 5.69 Å². The molecule has 3 atom stereocenters. The van der Waals surface area contributed by atoms with Crippen molar-refractivity contribution in [2.75, 3.05) is 18.1 Å². The van der Waals surface area contributed by atoms with Gasteiger partial charge in [-0.15, -0.1) is 0 Å². The maximum Gasteiger partial charge on any atom is 0.326 e. The van der Waals surface area contributed by atoms with Gasteiger partial charge in [0.05, 0.1) is 25.4 Å². The Morgan fingerprint density at radius 2 is 1.62 bits per heavy atom. The Morgan fingerprint density at radius 3 is 2.21 bits per heavy atom. The fourth-order valence-electron chi connectivity index (χ4n) is 5.59. The van der Waals surface area contributed by atoms with Gasteiger partial charge in [0, 0.05) is 49.4 Å². The van der Waals surface area contributed by atoms with Crippen LogP contribution in [0.2, 0.25) is 10.0 Å². The van der Waals surface area contributed by atoms with Crippen molar-refractivity contribution >= 4 is 66.5 Å². The summed E-state index contributed by atoms with van der Waals surface area (Å²) in [5.41, 5.74) is 0.932. The second-order valence-electron chi connectivity index (χ2n) is 11.8. The van der Waals surface area contributed by atoms with Gasteiger partial charge in [0.1, 0.15) is 12.1 Å². The number of hydrogen-bond donors (Lipinski definition) is 4. The summed E-state index contributed by atoms with van der Waals surface area (Å²) in [5.74, 6) is -2.70. The van der Waals surface area contributed by atoms with E-state index in [0.29, 0.717) is 11.3 Å². The number of aliphatic carboxylic acids is 1. The number of carbonyl (C=O) groups is 3. The Labute approximate surface area is 288 Å². The van der Waals surface area contributed by atoms with Gasteiger partial charge in [-0.1, -0.05) is 47.8 Å². The number of aromatic nitrogens is 1. The zero-order chi connectivity index (χ0) is 34.8. The molecule has 2 amide bonds. The fourth-order valence-corrected chi connectivity index (χ4v) is 8.56. The highest BCUT2D eigenvalue weighted by molar-refractivity contribution is 7.91. The average Bonchev–Trinajstić information content (AvgIpc) is 3.44. The molecule has 17 heteroatoms. The molecule has 0 unspecified atom stereocenters. The predicted molar refractivity (Wildman–Crippen MR) is 178 cm³/mol. The maximum absolute atomic E-state index is 13.8. The minimum atomic E-state index is -4.36. The zero-order valence-electron chi connectivity index (χ0n) is 25.6. The number of nitrogens with one attached hydrogen (secondary N) is 3. The topological polar surface area (TPSA) is 192 Å². The number of carboxylic acid groups (broad SMARTS) is 1. The van der Waals surface area contributed by atoms with E-state index in [-0.39, 0.29) is 56.9 Å². The molecule has 0 bridgehead atoms. The summed E-state index contributed by atoms with van der Waals surface area (Å²) in [5, 5.41) is 18.7. The smallest absolute Gasteiger partial charge is 0.326 e. The molecule has 256 valence electrons. The van der Waals surface area contributed by atoms with Crippen LogP contribution >= 0.6 is 23.2 Å². The second kappa shape index (κ2) is 14.5. The van der Waals surface area contributed by atoms with Crippen LogP contribution in [0.1, 0.15) is 41.6 Å². The Balaban J connectivity index is 1.32. The number of sulfonamides is 1. The van der Waals surface area contributed by atoms with Gasteiger partial charge in [-0.2, -0.15) is 4.31 Å². The van der Waals surface area contributed by atoms with Crippen molar-refractivity contribution in [3.8, 4) is 0 Å². The Bertz CT molecular complexity index is 1920. The summed E-state index contributed by atoms with van der Waals surface area (Å²) in [6, 6.07) is 8.32. The quantitative estimate of drug-likeness (QED) is 0.215. The minimum absolute atomic E-state index is 0.0438. The summed E-state index contributed by atoms with van der Waals surface area (Å²) in [4.78, 5) is 42.0. The predicted octanol–water partition coefficient (Wildman–Crippen LogP) is 3.13. The van der Waals surface area contributed by atoms with Gasteiger partial charge in [0.15, 0.2) is 9.84 Å². The molecule has 4 N–H and O–H groups in total. The summed E-state index contributed by atoms with van der Waals surface area (Å²) < 4.78 is 53.0. The van der Waals surface area contributed by atoms with E-state index < -0.39 is 49.7 Å². The number of hydrogen-bond acceptors (Lipinski definition) is 9. The summed E-state index contributed by atoms with van der Waals surface area (Å²) >= 11 is 12.1. The Morgan fingerprint density at radius 1 is 0.979 bits per heavy atom. The summed E-state index contributed by atoms with van der Waals surface area (Å²) in [6.07, 6.45) is 6.37. The first-order chi connectivity index (χ1) is 22.6. The highest BCUT2D eigenvalue weighted by atomic mass is 35.5. The molecule has 48 heavy (non-hydrogen) atoms. The molecule has 5 rings (SSSR count). The van der Waals surface area contributed by atoms with Crippen molar-refractivity contribution in [1.29, 1.82) is 0 Å². The van der Waals surface area contributed by atoms with Gasteiger partial charge in [0.25, 0.3) is 5.91 Å². The molecule has 3 aromatic rings. The zero-order valence-corrected chi connectivity index (χ0v) is 28.7. The number of carboxylic acids is 1. The lowest BCUT2D eigenvalue weighted by molar-refractivity contribution is -0.142. The molecule has 2 aliphatic rings. The van der Waals surface area contributed by atoms with E-state index in [2.05, 4.69) is 20.9 Å². The molecule has 1 aliphatic carbocycles. The van der Waals surface area contributed by atoms with E-state index in [9.17, 15) is 36.3 Å². The molecular formula is C31H33Cl2N5O8S2. The number of halogens is 2. The van der Waals surface area contributed by atoms with E-state index in [4.69, 9.17) is 23.2 Å². The van der Waals surface area contributed by atoms with Crippen molar-refractivity contribution in [2.24, 2.45) is 0 Å². The standard InChI is InChI=1S/C31H33Cl2N5O8S2/c1-47(43,44)22-6-3-7-23(14-22)48(45,46)38-17-21(35-19-4-2-5-19)13-27(38)29(39)37-26(31(41)42)12-18-8-10-20(11-9-18)36-30(40)28-24(32)15-34-16-25(28)33/h3,6-11,14-16,19,21,26-27,35H,2,4-5,12-13,17H2,1H3,(H,36,40)(H,37,39)(H,41,42)/t21-,26+,27+/m1/s1. The average molecular weight is 739 g/mol. The van der Waals surface area contributed by atoms with Crippen LogP contribution in [0.15, 0.2) is 70.7 Å². The van der Waals surface area contributed by atoms with E-state index in [1.807, 2.05) is 0 Å². The first-order valence-corrected chi connectivity index (χ1v) is 19.0. The van der Waals surface area contributed by atoms with Crippen LogP contribution in [0.25, 0.3) is 0 Å². The molecule has 0 radical (unpaired) electrons. The van der Waals surface area contributed by atoms with Gasteiger partial charge < -0.3 is 21.1 Å². The fraction of sp³-hybridized carbons (Fsp3) is 0.355. The molecule has 0 spiro atoms. The third-order valence-corrected chi connectivity index (χ3v) is 11.9. The number of benzene rings is 2. The van der Waals surface area contributed by atoms with Crippen LogP contribution in [0, 0.1) is 0 Å². The highest BCUT2D eigenvalue weighted by Crippen LogP contribution is 2.30. The molecule has 1 saturated heterocycles. The molecule has 13 nitrogen and oxygen atoms in total. The largest absolute Gasteiger partial charge is 0.480 e. The van der Waals surface area contributed by atoms with E-state index in [1.54, 1.807) is 24.3 Å². The number of sulfone groups is 1. The summed E-state index contributed by atoms with van der Waals surface area (Å²) in [6.45, 7) is -0.0547. The van der Waals surface area contributed by atoms with Gasteiger partial charge in [-0.05, 0) is 55.2 Å². The normalized spacial score (nSPS) is 19.3. The first-order valence-electron chi connectivity index (χ1n) is 14.9. The van der Waals surface area contributed by atoms with Gasteiger partial charge in [-0.25, -0.2) is 21.6 Å². The van der Waals surface area contributed by atoms with E-state index in [1.165, 1.54) is 30.6 Å². The molecule has 1 aromatic heterocycles. The van der Waals surface area contributed by atoms with Crippen molar-refractivity contribution in [2.45, 2.75) is 66.1 Å². The number of rotatable bonds is 12. The van der Waals surface area contributed by atoms with Crippen LogP contribution in [-0.2, 0) is 35.9 Å². The third kappa shape index (κ3) is 8.15. The number of pyridine rings is 1. The van der Waals surface area contributed by atoms with Crippen LogP contribution in [-0.4, -0.2) is 86.0 Å². The van der Waals surface area contributed by atoms with E-state index >= 15 is 0 Å². The number of amides is 2. The summed E-state index contributed by atoms with van der Waals surface area (Å²) in [7, 11) is -8.08. The van der Waals surface area contributed by atoms with Gasteiger partial charge >= 0.3 is 5.97 Å². The molecule has 2 fully saturated rings. The van der Waals surface area contributed by atoms with Crippen molar-refractivity contribution < 1.29 is 36.3 Å². The van der Waals surface area contributed by atoms with Gasteiger partial charge in [-0.3, -0.25) is 14.6 Å². The maximum atomic E-state index is 13.8. The Kier molecular flexibility index (Phi) is 10.8. The van der Waals surface area contributed by atoms with Crippen molar-refractivity contribution in [3.63, 3.8) is 0 Å². The molecule has 1 aliphatic heterocycles. The van der Waals surface area contributed by atoms with Crippen molar-refractivity contribution in [3.05, 3.63) is 82.1 Å². The van der Waals surface area contributed by atoms with Gasteiger partial charge in [0.2, 0.25) is 15.9 Å². The monoisotopic (exact) mass is 737 g/mol. The molecule has 2 aromatic carbocycles. The molecule has 2 heterocycles. The molecule has 1 saturated carbocycles. The third-order valence-electron chi connectivity index (χ3n) is 8.32. The first kappa shape index (κ1) is 35.7. The highest BCUT2D eigenvalue weighted by Gasteiger charge is 2.45. The minimum Gasteiger partial charge on any atom is -0.480 e. The number of carbonyl (C=O) groups excluding carboxylic acids is 2. The van der Waals surface area contributed by atoms with Crippen LogP contribution in [0.5, 0.6) is 0 Å². The van der Waals surface area contributed by atoms with E-state index in [0.717, 1.165) is 35.9 Å². The van der Waals surface area contributed by atoms with Crippen molar-refractivity contribution in [1.82, 2.24) is 19.9 Å². The van der Waals surface area contributed by atoms with Crippen LogP contribution < -0.4 is 16.0 Å². The lowest BCUT2D eigenvalue weighted by Gasteiger charge is -2.29. The second-order valence-corrected chi connectivity index (χ2v) is 16.5. The lowest BCUT2D eigenvalue weighted by atomic mass is 9.92. The van der Waals surface area contributed by atoms with Crippen LogP contribution in [0.3, 0.4) is 0 Å².